The van der Waals surface area contributed by atoms with E-state index in [0.29, 0.717) is 30.5 Å². The van der Waals surface area contributed by atoms with E-state index in [0.717, 1.165) is 5.69 Å². The summed E-state index contributed by atoms with van der Waals surface area (Å²) in [5.74, 6) is 1.67. The van der Waals surface area contributed by atoms with E-state index in [1.165, 1.54) is 12.4 Å². The molecule has 142 valence electrons. The number of hydrogen-bond donors (Lipinski definition) is 1. The van der Waals surface area contributed by atoms with Crippen LogP contribution in [0.4, 0.5) is 16.0 Å². The highest BCUT2D eigenvalue weighted by atomic mass is 19.1. The molecule has 1 saturated heterocycles. The van der Waals surface area contributed by atoms with Crippen molar-refractivity contribution in [1.29, 1.82) is 5.26 Å². The minimum absolute atomic E-state index is 0.247. The lowest BCUT2D eigenvalue weighted by molar-refractivity contribution is 0.139. The molecular formula is C19H18FN7O. The Bertz CT molecular complexity index is 998. The first-order valence-electron chi connectivity index (χ1n) is 8.73. The summed E-state index contributed by atoms with van der Waals surface area (Å²) in [5.41, 5.74) is 1.09. The zero-order valence-electron chi connectivity index (χ0n) is 15.2. The number of imidazole rings is 1. The number of ether oxygens (including phenoxy) is 1. The van der Waals surface area contributed by atoms with Crippen molar-refractivity contribution in [2.45, 2.75) is 12.3 Å². The fourth-order valence-electron chi connectivity index (χ4n) is 3.02. The third-order valence-corrected chi connectivity index (χ3v) is 4.39. The van der Waals surface area contributed by atoms with Gasteiger partial charge in [-0.15, -0.1) is 0 Å². The number of nitrogens with one attached hydrogen (secondary N) is 1. The first-order valence-corrected chi connectivity index (χ1v) is 8.73. The largest absolute Gasteiger partial charge is 0.486 e. The molecule has 2 aromatic heterocycles. The van der Waals surface area contributed by atoms with Crippen molar-refractivity contribution in [3.05, 3.63) is 54.9 Å². The van der Waals surface area contributed by atoms with Crippen LogP contribution in [0.1, 0.15) is 5.69 Å². The molecule has 1 aromatic carbocycles. The number of hydrogen-bond acceptors (Lipinski definition) is 7. The van der Waals surface area contributed by atoms with Crippen molar-refractivity contribution in [2.75, 3.05) is 25.5 Å². The van der Waals surface area contributed by atoms with Gasteiger partial charge >= 0.3 is 0 Å². The molecule has 1 aliphatic heterocycles. The predicted molar refractivity (Wildman–Crippen MR) is 100 cm³/mol. The number of nitriles is 1. The first kappa shape index (κ1) is 17.9. The summed E-state index contributed by atoms with van der Waals surface area (Å²) in [6.45, 7) is 0.954. The van der Waals surface area contributed by atoms with Gasteiger partial charge in [-0.3, -0.25) is 4.90 Å². The normalized spacial score (nSPS) is 19.3. The van der Waals surface area contributed by atoms with Crippen LogP contribution in [0.3, 0.4) is 0 Å². The van der Waals surface area contributed by atoms with E-state index in [9.17, 15) is 4.39 Å². The van der Waals surface area contributed by atoms with Crippen LogP contribution in [0.15, 0.2) is 49.2 Å². The van der Waals surface area contributed by atoms with E-state index in [4.69, 9.17) is 10.00 Å². The quantitative estimate of drug-likeness (QED) is 0.727. The van der Waals surface area contributed by atoms with Crippen LogP contribution in [0.5, 0.6) is 5.75 Å². The van der Waals surface area contributed by atoms with E-state index in [1.54, 1.807) is 12.5 Å². The number of benzene rings is 1. The van der Waals surface area contributed by atoms with Crippen LogP contribution in [-0.4, -0.2) is 56.8 Å². The van der Waals surface area contributed by atoms with E-state index < -0.39 is 12.3 Å². The molecule has 0 radical (unpaired) electrons. The zero-order valence-corrected chi connectivity index (χ0v) is 15.2. The van der Waals surface area contributed by atoms with Crippen LogP contribution in [0.2, 0.25) is 0 Å². The molecule has 2 atom stereocenters. The van der Waals surface area contributed by atoms with E-state index in [2.05, 4.69) is 20.3 Å². The van der Waals surface area contributed by atoms with Crippen molar-refractivity contribution in [1.82, 2.24) is 24.4 Å². The first-order chi connectivity index (χ1) is 13.6. The Labute approximate surface area is 161 Å². The van der Waals surface area contributed by atoms with Crippen molar-refractivity contribution in [2.24, 2.45) is 0 Å². The lowest BCUT2D eigenvalue weighted by Gasteiger charge is -2.16. The Kier molecular flexibility index (Phi) is 4.87. The molecule has 0 aliphatic carbocycles. The van der Waals surface area contributed by atoms with Crippen LogP contribution >= 0.6 is 0 Å². The highest BCUT2D eigenvalue weighted by Gasteiger charge is 2.32. The van der Waals surface area contributed by atoms with Gasteiger partial charge < -0.3 is 14.6 Å². The standard InChI is InChI=1S/C19H18FN7O/c1-26-9-16(20)17(10-26)28-15-4-2-3-14(5-15)27-11-19(24-12-27)25-18-8-22-13(6-21)7-23-18/h2-5,7-8,11-12,16-17H,9-10H2,1H3,(H,23,25)/t16-,17+/m0/s1. The van der Waals surface area contributed by atoms with Crippen LogP contribution in [0, 0.1) is 11.3 Å². The third-order valence-electron chi connectivity index (χ3n) is 4.39. The van der Waals surface area contributed by atoms with E-state index >= 15 is 0 Å². The van der Waals surface area contributed by atoms with E-state index in [-0.39, 0.29) is 5.69 Å². The van der Waals surface area contributed by atoms with Crippen molar-refractivity contribution in [3.8, 4) is 17.5 Å². The maximum Gasteiger partial charge on any atom is 0.158 e. The third kappa shape index (κ3) is 3.92. The Morgan fingerprint density at radius 3 is 2.82 bits per heavy atom. The van der Waals surface area contributed by atoms with Gasteiger partial charge in [-0.1, -0.05) is 6.07 Å². The number of likely N-dealkylation sites (N-methyl/N-ethyl adjacent to an activating group) is 1. The van der Waals surface area contributed by atoms with Gasteiger partial charge in [0.05, 0.1) is 24.3 Å². The molecule has 4 rings (SSSR count). The van der Waals surface area contributed by atoms with Crippen LogP contribution in [-0.2, 0) is 0 Å². The Balaban J connectivity index is 1.46. The summed E-state index contributed by atoms with van der Waals surface area (Å²) in [6.07, 6.45) is 4.85. The molecule has 1 fully saturated rings. The number of nitrogens with zero attached hydrogens (tertiary/aromatic N) is 6. The minimum atomic E-state index is -0.994. The summed E-state index contributed by atoms with van der Waals surface area (Å²) in [5, 5.41) is 11.8. The summed E-state index contributed by atoms with van der Waals surface area (Å²) in [7, 11) is 1.88. The Morgan fingerprint density at radius 2 is 2.11 bits per heavy atom. The van der Waals surface area contributed by atoms with Gasteiger partial charge in [0, 0.05) is 19.2 Å². The number of anilines is 2. The van der Waals surface area contributed by atoms with Crippen LogP contribution in [0.25, 0.3) is 5.69 Å². The fourth-order valence-corrected chi connectivity index (χ4v) is 3.02. The lowest BCUT2D eigenvalue weighted by atomic mass is 10.2. The molecule has 0 spiro atoms. The average Bonchev–Trinajstić information content (AvgIpc) is 3.29. The molecule has 28 heavy (non-hydrogen) atoms. The zero-order chi connectivity index (χ0) is 19.5. The molecule has 8 nitrogen and oxygen atoms in total. The van der Waals surface area contributed by atoms with Gasteiger partial charge in [0.15, 0.2) is 11.9 Å². The topological polar surface area (TPSA) is 91.9 Å². The number of likely N-dealkylation sites (tertiary alicyclic amines) is 1. The Hall–Kier alpha value is -3.51. The van der Waals surface area contributed by atoms with Gasteiger partial charge in [-0.25, -0.2) is 19.3 Å². The second kappa shape index (κ2) is 7.62. The van der Waals surface area contributed by atoms with Gasteiger partial charge in [-0.05, 0) is 19.2 Å². The second-order valence-corrected chi connectivity index (χ2v) is 6.58. The number of aromatic nitrogens is 4. The van der Waals surface area contributed by atoms with Crippen molar-refractivity contribution >= 4 is 11.6 Å². The number of alkyl halides is 1. The van der Waals surface area contributed by atoms with Crippen LogP contribution < -0.4 is 10.1 Å². The molecule has 0 saturated carbocycles. The molecule has 1 aliphatic rings. The van der Waals surface area contributed by atoms with Gasteiger partial charge in [0.2, 0.25) is 0 Å². The SMILES string of the molecule is CN1C[C@H](F)[C@H](Oc2cccc(-n3cnc(Nc4cnc(C#N)cn4)c3)c2)C1. The molecular weight excluding hydrogens is 361 g/mol. The maximum atomic E-state index is 14.0. The molecule has 3 heterocycles. The number of halogens is 1. The fraction of sp³-hybridized carbons (Fsp3) is 0.263. The van der Waals surface area contributed by atoms with Gasteiger partial charge in [0.25, 0.3) is 0 Å². The minimum Gasteiger partial charge on any atom is -0.486 e. The molecule has 9 heteroatoms. The summed E-state index contributed by atoms with van der Waals surface area (Å²) in [4.78, 5) is 14.3. The highest BCUT2D eigenvalue weighted by Crippen LogP contribution is 2.23. The molecule has 0 unspecified atom stereocenters. The lowest BCUT2D eigenvalue weighted by Crippen LogP contribution is -2.27. The monoisotopic (exact) mass is 379 g/mol. The van der Waals surface area contributed by atoms with E-state index in [1.807, 2.05) is 46.8 Å². The molecule has 1 N–H and O–H groups in total. The van der Waals surface area contributed by atoms with Gasteiger partial charge in [-0.2, -0.15) is 5.26 Å². The predicted octanol–water partition coefficient (Wildman–Crippen LogP) is 2.31. The van der Waals surface area contributed by atoms with Crippen molar-refractivity contribution < 1.29 is 9.13 Å². The maximum absolute atomic E-state index is 14.0. The smallest absolute Gasteiger partial charge is 0.158 e. The summed E-state index contributed by atoms with van der Waals surface area (Å²) in [6, 6.07) is 9.35. The van der Waals surface area contributed by atoms with Crippen molar-refractivity contribution in [3.63, 3.8) is 0 Å². The molecule has 0 bridgehead atoms. The summed E-state index contributed by atoms with van der Waals surface area (Å²) < 4.78 is 21.6. The average molecular weight is 379 g/mol. The number of rotatable bonds is 5. The summed E-state index contributed by atoms with van der Waals surface area (Å²) >= 11 is 0. The second-order valence-electron chi connectivity index (χ2n) is 6.58. The Morgan fingerprint density at radius 1 is 1.21 bits per heavy atom. The highest BCUT2D eigenvalue weighted by molar-refractivity contribution is 5.51. The molecule has 0 amide bonds. The molecule has 3 aromatic rings. The van der Waals surface area contributed by atoms with Gasteiger partial charge in [0.1, 0.15) is 35.9 Å².